The summed E-state index contributed by atoms with van der Waals surface area (Å²) in [6.45, 7) is 5.38. The van der Waals surface area contributed by atoms with Crippen molar-refractivity contribution in [3.05, 3.63) is 17.8 Å². The maximum absolute atomic E-state index is 11.2. The van der Waals surface area contributed by atoms with Crippen molar-refractivity contribution in [2.24, 2.45) is 17.1 Å². The quantitative estimate of drug-likeness (QED) is 0.751. The summed E-state index contributed by atoms with van der Waals surface area (Å²) >= 11 is 0. The molecule has 5 nitrogen and oxygen atoms in total. The molecule has 2 rings (SSSR count). The molecule has 1 aliphatic rings. The van der Waals surface area contributed by atoms with Gasteiger partial charge in [0.15, 0.2) is 0 Å². The Bertz CT molecular complexity index is 507. The number of rotatable bonds is 6. The molecule has 1 aromatic heterocycles. The molecule has 1 fully saturated rings. The number of hydrogen-bond donors (Lipinski definition) is 3. The summed E-state index contributed by atoms with van der Waals surface area (Å²) in [7, 11) is 0. The van der Waals surface area contributed by atoms with Crippen molar-refractivity contribution in [1.29, 1.82) is 0 Å². The van der Waals surface area contributed by atoms with Crippen LogP contribution in [0.1, 0.15) is 56.4 Å². The average Bonchev–Trinajstić information content (AvgIpc) is 2.85. The number of nitrogens with two attached hydrogens (primary N) is 2. The summed E-state index contributed by atoms with van der Waals surface area (Å²) in [6, 6.07) is 3.24. The van der Waals surface area contributed by atoms with Crippen LogP contribution in [-0.2, 0) is 0 Å². The van der Waals surface area contributed by atoms with Crippen LogP contribution in [0.3, 0.4) is 0 Å². The maximum atomic E-state index is 11.2. The molecule has 0 aliphatic heterocycles. The van der Waals surface area contributed by atoms with E-state index in [9.17, 15) is 4.79 Å². The van der Waals surface area contributed by atoms with Gasteiger partial charge in [-0.25, -0.2) is 4.98 Å². The first kappa shape index (κ1) is 15.6. The number of carbonyl (C=O) groups is 1. The van der Waals surface area contributed by atoms with Crippen LogP contribution >= 0.6 is 0 Å². The Balaban J connectivity index is 2.10. The lowest BCUT2D eigenvalue weighted by Gasteiger charge is -2.31. The van der Waals surface area contributed by atoms with Gasteiger partial charge in [-0.15, -0.1) is 0 Å². The number of primary amides is 1. The van der Waals surface area contributed by atoms with Gasteiger partial charge in [0.1, 0.15) is 11.5 Å². The molecule has 116 valence electrons. The molecule has 1 heterocycles. The third-order valence-corrected chi connectivity index (χ3v) is 4.32. The largest absolute Gasteiger partial charge is 0.396 e. The molecule has 0 spiro atoms. The van der Waals surface area contributed by atoms with Crippen molar-refractivity contribution in [2.45, 2.75) is 46.0 Å². The average molecular weight is 290 g/mol. The highest BCUT2D eigenvalue weighted by Gasteiger charge is 2.34. The van der Waals surface area contributed by atoms with Crippen LogP contribution in [0.15, 0.2) is 12.1 Å². The van der Waals surface area contributed by atoms with Crippen molar-refractivity contribution in [3.8, 4) is 0 Å². The molecule has 0 radical (unpaired) electrons. The zero-order valence-corrected chi connectivity index (χ0v) is 13.0. The molecule has 1 aliphatic carbocycles. The van der Waals surface area contributed by atoms with E-state index in [0.717, 1.165) is 6.54 Å². The van der Waals surface area contributed by atoms with Gasteiger partial charge in [0.2, 0.25) is 0 Å². The number of anilines is 2. The molecule has 1 saturated carbocycles. The summed E-state index contributed by atoms with van der Waals surface area (Å²) in [5, 5.41) is 3.35. The highest BCUT2D eigenvalue weighted by atomic mass is 16.1. The molecular weight excluding hydrogens is 264 g/mol. The van der Waals surface area contributed by atoms with Crippen molar-refractivity contribution >= 4 is 17.4 Å². The van der Waals surface area contributed by atoms with Crippen molar-refractivity contribution < 1.29 is 4.79 Å². The smallest absolute Gasteiger partial charge is 0.267 e. The fourth-order valence-electron chi connectivity index (χ4n) is 3.46. The fraction of sp³-hybridized carbons (Fsp3) is 0.625. The first-order chi connectivity index (χ1) is 9.92. The molecule has 5 N–H and O–H groups in total. The van der Waals surface area contributed by atoms with Gasteiger partial charge in [-0.3, -0.25) is 4.79 Å². The normalized spacial score (nSPS) is 17.1. The first-order valence-electron chi connectivity index (χ1n) is 7.72. The molecule has 0 aromatic carbocycles. The van der Waals surface area contributed by atoms with Gasteiger partial charge < -0.3 is 16.8 Å². The number of nitrogen functional groups attached to an aromatic ring is 1. The van der Waals surface area contributed by atoms with Crippen LogP contribution in [0, 0.1) is 11.3 Å². The Morgan fingerprint density at radius 1 is 1.38 bits per heavy atom. The van der Waals surface area contributed by atoms with E-state index in [1.165, 1.54) is 32.1 Å². The second-order valence-corrected chi connectivity index (χ2v) is 6.66. The van der Waals surface area contributed by atoms with E-state index in [1.807, 2.05) is 0 Å². The lowest BCUT2D eigenvalue weighted by atomic mass is 9.78. The van der Waals surface area contributed by atoms with Gasteiger partial charge in [-0.1, -0.05) is 26.7 Å². The van der Waals surface area contributed by atoms with E-state index in [2.05, 4.69) is 24.1 Å². The number of hydrogen-bond acceptors (Lipinski definition) is 4. The van der Waals surface area contributed by atoms with Gasteiger partial charge in [-0.2, -0.15) is 0 Å². The minimum Gasteiger partial charge on any atom is -0.396 e. The number of aromatic nitrogens is 1. The summed E-state index contributed by atoms with van der Waals surface area (Å²) in [5.41, 5.74) is 12.3. The van der Waals surface area contributed by atoms with E-state index in [4.69, 9.17) is 11.5 Å². The lowest BCUT2D eigenvalue weighted by Crippen LogP contribution is -2.29. The Morgan fingerprint density at radius 2 is 2.05 bits per heavy atom. The third-order valence-electron chi connectivity index (χ3n) is 4.32. The topological polar surface area (TPSA) is 94.0 Å². The fourth-order valence-corrected chi connectivity index (χ4v) is 3.46. The Morgan fingerprint density at radius 3 is 2.62 bits per heavy atom. The number of nitrogens with zero attached hydrogens (tertiary/aromatic N) is 1. The van der Waals surface area contributed by atoms with Gasteiger partial charge in [0.25, 0.3) is 5.91 Å². The van der Waals surface area contributed by atoms with E-state index < -0.39 is 5.91 Å². The maximum Gasteiger partial charge on any atom is 0.267 e. The monoisotopic (exact) mass is 290 g/mol. The Labute approximate surface area is 126 Å². The highest BCUT2D eigenvalue weighted by Crippen LogP contribution is 2.43. The molecule has 0 atom stereocenters. The molecule has 5 heteroatoms. The molecule has 1 amide bonds. The van der Waals surface area contributed by atoms with Gasteiger partial charge >= 0.3 is 0 Å². The van der Waals surface area contributed by atoms with Crippen LogP contribution in [0.2, 0.25) is 0 Å². The summed E-state index contributed by atoms with van der Waals surface area (Å²) in [4.78, 5) is 15.5. The molecule has 0 unspecified atom stereocenters. The van der Waals surface area contributed by atoms with E-state index in [-0.39, 0.29) is 5.69 Å². The second kappa shape index (κ2) is 6.33. The SMILES string of the molecule is CC(C)CC1(CNc2nc(C(N)=O)ccc2N)CCCC1. The lowest BCUT2D eigenvalue weighted by molar-refractivity contribution is 0.0996. The van der Waals surface area contributed by atoms with Gasteiger partial charge in [-0.05, 0) is 42.7 Å². The first-order valence-corrected chi connectivity index (χ1v) is 7.72. The molecular formula is C16H26N4O. The molecule has 21 heavy (non-hydrogen) atoms. The van der Waals surface area contributed by atoms with E-state index >= 15 is 0 Å². The zero-order valence-electron chi connectivity index (χ0n) is 13.0. The summed E-state index contributed by atoms with van der Waals surface area (Å²) in [6.07, 6.45) is 6.27. The number of nitrogens with one attached hydrogen (secondary N) is 1. The van der Waals surface area contributed by atoms with Crippen LogP contribution in [0.5, 0.6) is 0 Å². The third kappa shape index (κ3) is 3.86. The number of amides is 1. The molecule has 1 aromatic rings. The van der Waals surface area contributed by atoms with Gasteiger partial charge in [0, 0.05) is 6.54 Å². The van der Waals surface area contributed by atoms with Crippen LogP contribution < -0.4 is 16.8 Å². The predicted octanol–water partition coefficient (Wildman–Crippen LogP) is 2.78. The van der Waals surface area contributed by atoms with Crippen molar-refractivity contribution in [3.63, 3.8) is 0 Å². The van der Waals surface area contributed by atoms with Crippen LogP contribution in [0.25, 0.3) is 0 Å². The second-order valence-electron chi connectivity index (χ2n) is 6.66. The standard InChI is InChI=1S/C16H26N4O/c1-11(2)9-16(7-3-4-8-16)10-19-15-12(17)5-6-13(20-15)14(18)21/h5-6,11H,3-4,7-10,17H2,1-2H3,(H2,18,21)(H,19,20). The molecule has 0 bridgehead atoms. The van der Waals surface area contributed by atoms with Crippen molar-refractivity contribution in [1.82, 2.24) is 4.98 Å². The number of carbonyl (C=O) groups excluding carboxylic acids is 1. The minimum absolute atomic E-state index is 0.246. The summed E-state index contributed by atoms with van der Waals surface area (Å²) in [5.74, 6) is 0.712. The number of pyridine rings is 1. The molecule has 0 saturated heterocycles. The van der Waals surface area contributed by atoms with Crippen LogP contribution in [0.4, 0.5) is 11.5 Å². The zero-order chi connectivity index (χ0) is 15.5. The van der Waals surface area contributed by atoms with Gasteiger partial charge in [0.05, 0.1) is 5.69 Å². The predicted molar refractivity (Wildman–Crippen MR) is 86.0 cm³/mol. The van der Waals surface area contributed by atoms with Crippen LogP contribution in [-0.4, -0.2) is 17.4 Å². The summed E-state index contributed by atoms with van der Waals surface area (Å²) < 4.78 is 0. The van der Waals surface area contributed by atoms with E-state index in [1.54, 1.807) is 12.1 Å². The highest BCUT2D eigenvalue weighted by molar-refractivity contribution is 5.91. The van der Waals surface area contributed by atoms with E-state index in [0.29, 0.717) is 22.8 Å². The van der Waals surface area contributed by atoms with Crippen molar-refractivity contribution in [2.75, 3.05) is 17.6 Å². The Kier molecular flexibility index (Phi) is 4.70. The minimum atomic E-state index is -0.532. The Hall–Kier alpha value is -1.78.